The maximum Gasteiger partial charge on any atom is 0.303 e. The van der Waals surface area contributed by atoms with E-state index in [0.29, 0.717) is 11.7 Å². The van der Waals surface area contributed by atoms with Gasteiger partial charge in [0, 0.05) is 11.7 Å². The van der Waals surface area contributed by atoms with E-state index < -0.39 is 5.97 Å². The van der Waals surface area contributed by atoms with E-state index in [1.165, 1.54) is 32.1 Å². The van der Waals surface area contributed by atoms with Crippen molar-refractivity contribution in [1.82, 2.24) is 0 Å². The summed E-state index contributed by atoms with van der Waals surface area (Å²) in [4.78, 5) is 10.4. The van der Waals surface area contributed by atoms with Gasteiger partial charge in [-0.2, -0.15) is 11.8 Å². The van der Waals surface area contributed by atoms with E-state index >= 15 is 0 Å². The Hall–Kier alpha value is -0.220. The average Bonchev–Trinajstić information content (AvgIpc) is 2.48. The monoisotopic (exact) mass is 332 g/mol. The quantitative estimate of drug-likeness (QED) is 0.379. The number of aliphatic carboxylic acids is 1. The fourth-order valence-corrected chi connectivity index (χ4v) is 3.54. The van der Waals surface area contributed by atoms with Crippen LogP contribution in [0.4, 0.5) is 0 Å². The Morgan fingerprint density at radius 2 is 1.50 bits per heavy atom. The molecule has 132 valence electrons. The summed E-state index contributed by atoms with van der Waals surface area (Å²) < 4.78 is 0. The van der Waals surface area contributed by atoms with E-state index in [1.54, 1.807) is 0 Å². The van der Waals surface area contributed by atoms with Gasteiger partial charge in [-0.3, -0.25) is 4.79 Å². The van der Waals surface area contributed by atoms with Crippen molar-refractivity contribution in [2.75, 3.05) is 6.26 Å². The van der Waals surface area contributed by atoms with Crippen LogP contribution in [0.15, 0.2) is 0 Å². The molecule has 0 heterocycles. The highest BCUT2D eigenvalue weighted by Crippen LogP contribution is 2.22. The lowest BCUT2D eigenvalue weighted by Crippen LogP contribution is -2.09. The third-order valence-electron chi connectivity index (χ3n) is 4.20. The van der Waals surface area contributed by atoms with Crippen molar-refractivity contribution in [2.45, 2.75) is 102 Å². The summed E-state index contributed by atoms with van der Waals surface area (Å²) in [5, 5.41) is 19.2. The first kappa shape index (κ1) is 21.8. The largest absolute Gasteiger partial charge is 0.481 e. The van der Waals surface area contributed by atoms with Crippen molar-refractivity contribution in [3.05, 3.63) is 0 Å². The summed E-state index contributed by atoms with van der Waals surface area (Å²) in [6.07, 6.45) is 15.6. The van der Waals surface area contributed by atoms with Crippen LogP contribution in [0.5, 0.6) is 0 Å². The molecule has 0 saturated heterocycles. The van der Waals surface area contributed by atoms with E-state index in [-0.39, 0.29) is 6.10 Å². The van der Waals surface area contributed by atoms with Gasteiger partial charge in [-0.1, -0.05) is 45.4 Å². The van der Waals surface area contributed by atoms with Crippen molar-refractivity contribution in [1.29, 1.82) is 0 Å². The second-order valence-corrected chi connectivity index (χ2v) is 7.42. The highest BCUT2D eigenvalue weighted by molar-refractivity contribution is 7.99. The van der Waals surface area contributed by atoms with Crippen LogP contribution in [0.3, 0.4) is 0 Å². The molecule has 0 aliphatic rings. The molecule has 0 fully saturated rings. The molecule has 22 heavy (non-hydrogen) atoms. The number of rotatable bonds is 16. The fourth-order valence-electron chi connectivity index (χ4n) is 2.74. The molecular weight excluding hydrogens is 296 g/mol. The minimum Gasteiger partial charge on any atom is -0.481 e. The van der Waals surface area contributed by atoms with Gasteiger partial charge in [0.15, 0.2) is 0 Å². The molecule has 2 N–H and O–H groups in total. The van der Waals surface area contributed by atoms with Crippen LogP contribution in [0.25, 0.3) is 0 Å². The third-order valence-corrected chi connectivity index (χ3v) is 5.34. The maximum atomic E-state index is 10.4. The number of hydrogen-bond donors (Lipinski definition) is 2. The number of hydrogen-bond acceptors (Lipinski definition) is 3. The minimum atomic E-state index is -0.681. The van der Waals surface area contributed by atoms with Crippen LogP contribution in [-0.2, 0) is 4.79 Å². The molecule has 0 bridgehead atoms. The van der Waals surface area contributed by atoms with Gasteiger partial charge in [-0.05, 0) is 44.8 Å². The lowest BCUT2D eigenvalue weighted by molar-refractivity contribution is -0.137. The predicted molar refractivity (Wildman–Crippen MR) is 96.6 cm³/mol. The van der Waals surface area contributed by atoms with E-state index in [2.05, 4.69) is 13.2 Å². The van der Waals surface area contributed by atoms with Gasteiger partial charge in [-0.25, -0.2) is 0 Å². The number of aliphatic hydroxyl groups is 1. The molecule has 0 amide bonds. The standard InChI is InChI=1S/C18H36O3S/c1-3-4-7-11-16(19)12-10-14-17(22-2)13-8-5-6-9-15-18(20)21/h16-17,19H,3-15H2,1-2H3,(H,20,21)/t16-,17+/m0/s1. The zero-order valence-electron chi connectivity index (χ0n) is 14.6. The third kappa shape index (κ3) is 14.7. The lowest BCUT2D eigenvalue weighted by atomic mass is 10.0. The molecule has 4 heteroatoms. The first-order valence-electron chi connectivity index (χ1n) is 9.02. The lowest BCUT2D eigenvalue weighted by Gasteiger charge is -2.16. The maximum absolute atomic E-state index is 10.4. The molecule has 0 aromatic carbocycles. The molecule has 0 spiro atoms. The summed E-state index contributed by atoms with van der Waals surface area (Å²) in [6.45, 7) is 2.19. The molecule has 0 unspecified atom stereocenters. The summed E-state index contributed by atoms with van der Waals surface area (Å²) in [5.74, 6) is -0.681. The molecule has 0 aromatic heterocycles. The normalized spacial score (nSPS) is 14.0. The van der Waals surface area contributed by atoms with Gasteiger partial charge in [0.1, 0.15) is 0 Å². The average molecular weight is 333 g/mol. The second kappa shape index (κ2) is 15.7. The molecule has 0 saturated carbocycles. The van der Waals surface area contributed by atoms with Crippen LogP contribution < -0.4 is 0 Å². The smallest absolute Gasteiger partial charge is 0.303 e. The summed E-state index contributed by atoms with van der Waals surface area (Å²) >= 11 is 1.94. The van der Waals surface area contributed by atoms with Crippen molar-refractivity contribution >= 4 is 17.7 Å². The van der Waals surface area contributed by atoms with Crippen LogP contribution in [0.2, 0.25) is 0 Å². The highest BCUT2D eigenvalue weighted by Gasteiger charge is 2.09. The second-order valence-electron chi connectivity index (χ2n) is 6.28. The Morgan fingerprint density at radius 3 is 2.14 bits per heavy atom. The molecule has 0 rings (SSSR count). The zero-order valence-corrected chi connectivity index (χ0v) is 15.4. The number of thioether (sulfide) groups is 1. The van der Waals surface area contributed by atoms with Gasteiger partial charge < -0.3 is 10.2 Å². The van der Waals surface area contributed by atoms with Gasteiger partial charge in [-0.15, -0.1) is 0 Å². The Balaban J connectivity index is 3.51. The van der Waals surface area contributed by atoms with Crippen LogP contribution in [0.1, 0.15) is 90.4 Å². The summed E-state index contributed by atoms with van der Waals surface area (Å²) in [6, 6.07) is 0. The molecular formula is C18H36O3S. The highest BCUT2D eigenvalue weighted by atomic mass is 32.2. The van der Waals surface area contributed by atoms with Crippen molar-refractivity contribution in [2.24, 2.45) is 0 Å². The number of carboxylic acid groups (broad SMARTS) is 1. The number of unbranched alkanes of at least 4 members (excludes halogenated alkanes) is 5. The van der Waals surface area contributed by atoms with Crippen molar-refractivity contribution in [3.63, 3.8) is 0 Å². The molecule has 0 aromatic rings. The Kier molecular flexibility index (Phi) is 15.5. The van der Waals surface area contributed by atoms with Crippen LogP contribution >= 0.6 is 11.8 Å². The fraction of sp³-hybridized carbons (Fsp3) is 0.944. The Labute approximate surface area is 141 Å². The SMILES string of the molecule is CCCCC[C@H](O)CCC[C@@H](CCCCCCC(=O)O)SC. The van der Waals surface area contributed by atoms with Gasteiger partial charge in [0.2, 0.25) is 0 Å². The van der Waals surface area contributed by atoms with Crippen molar-refractivity contribution in [3.8, 4) is 0 Å². The number of carboxylic acids is 1. The first-order chi connectivity index (χ1) is 10.6. The summed E-state index contributed by atoms with van der Waals surface area (Å²) in [5.41, 5.74) is 0. The molecule has 0 radical (unpaired) electrons. The van der Waals surface area contributed by atoms with Gasteiger partial charge >= 0.3 is 5.97 Å². The molecule has 3 nitrogen and oxygen atoms in total. The molecule has 2 atom stereocenters. The van der Waals surface area contributed by atoms with E-state index in [1.807, 2.05) is 11.8 Å². The van der Waals surface area contributed by atoms with E-state index in [0.717, 1.165) is 44.9 Å². The Morgan fingerprint density at radius 1 is 0.909 bits per heavy atom. The number of carbonyl (C=O) groups is 1. The van der Waals surface area contributed by atoms with Crippen LogP contribution in [-0.4, -0.2) is 33.8 Å². The first-order valence-corrected chi connectivity index (χ1v) is 10.3. The molecule has 0 aliphatic heterocycles. The van der Waals surface area contributed by atoms with Crippen molar-refractivity contribution < 1.29 is 15.0 Å². The summed E-state index contributed by atoms with van der Waals surface area (Å²) in [7, 11) is 0. The van der Waals surface area contributed by atoms with E-state index in [9.17, 15) is 9.90 Å². The zero-order chi connectivity index (χ0) is 16.6. The Bertz CT molecular complexity index is 259. The molecule has 0 aliphatic carbocycles. The number of aliphatic hydroxyl groups excluding tert-OH is 1. The van der Waals surface area contributed by atoms with E-state index in [4.69, 9.17) is 5.11 Å². The van der Waals surface area contributed by atoms with Gasteiger partial charge in [0.25, 0.3) is 0 Å². The van der Waals surface area contributed by atoms with Crippen LogP contribution in [0, 0.1) is 0 Å². The topological polar surface area (TPSA) is 57.5 Å². The minimum absolute atomic E-state index is 0.106. The van der Waals surface area contributed by atoms with Gasteiger partial charge in [0.05, 0.1) is 6.10 Å². The predicted octanol–water partition coefficient (Wildman–Crippen LogP) is 5.25.